The van der Waals surface area contributed by atoms with E-state index in [4.69, 9.17) is 11.1 Å². The highest BCUT2D eigenvalue weighted by atomic mass is 35.5. The molecule has 2 aromatic heterocycles. The summed E-state index contributed by atoms with van der Waals surface area (Å²) in [6.45, 7) is 0. The molecule has 0 unspecified atom stereocenters. The van der Waals surface area contributed by atoms with Crippen molar-refractivity contribution in [1.29, 1.82) is 5.41 Å². The van der Waals surface area contributed by atoms with Crippen molar-refractivity contribution in [2.45, 2.75) is 0 Å². The summed E-state index contributed by atoms with van der Waals surface area (Å²) in [5.74, 6) is 0.119. The van der Waals surface area contributed by atoms with Crippen LogP contribution in [0.3, 0.4) is 0 Å². The molecule has 3 aromatic rings. The summed E-state index contributed by atoms with van der Waals surface area (Å²) in [4.78, 5) is 4.90. The Bertz CT molecular complexity index is 794. The molecule has 0 bridgehead atoms. The van der Waals surface area contributed by atoms with Crippen molar-refractivity contribution in [2.75, 3.05) is 0 Å². The summed E-state index contributed by atoms with van der Waals surface area (Å²) >= 11 is 1.55. The molecule has 0 aliphatic heterocycles. The Hall–Kier alpha value is -2.17. The standard InChI is InChI=1S/C16H13N3S.ClH/c17-16(18)15-9-13-12(4-1-5-14(13)20-15)7-6-11-3-2-8-19-10-11;/h1-10H,(H3,17,18);1H. The molecule has 0 atom stereocenters. The van der Waals surface area contributed by atoms with Gasteiger partial charge in [0, 0.05) is 22.5 Å². The third kappa shape index (κ3) is 3.29. The van der Waals surface area contributed by atoms with Gasteiger partial charge in [-0.05, 0) is 29.3 Å². The van der Waals surface area contributed by atoms with Crippen molar-refractivity contribution in [1.82, 2.24) is 4.98 Å². The van der Waals surface area contributed by atoms with Crippen LogP contribution < -0.4 is 5.73 Å². The third-order valence-electron chi connectivity index (χ3n) is 3.00. The number of halogens is 1. The van der Waals surface area contributed by atoms with Crippen molar-refractivity contribution < 1.29 is 0 Å². The average molecular weight is 316 g/mol. The lowest BCUT2D eigenvalue weighted by molar-refractivity contribution is 1.32. The molecule has 0 saturated carbocycles. The van der Waals surface area contributed by atoms with Crippen LogP contribution in [0.4, 0.5) is 0 Å². The van der Waals surface area contributed by atoms with Crippen LogP contribution in [0.15, 0.2) is 48.8 Å². The Labute approximate surface area is 133 Å². The lowest BCUT2D eigenvalue weighted by atomic mass is 10.1. The van der Waals surface area contributed by atoms with Crippen LogP contribution in [-0.4, -0.2) is 10.8 Å². The molecule has 3 N–H and O–H groups in total. The Morgan fingerprint density at radius 2 is 2.05 bits per heavy atom. The van der Waals surface area contributed by atoms with Crippen molar-refractivity contribution in [3.05, 3.63) is 64.8 Å². The van der Waals surface area contributed by atoms with Crippen LogP contribution in [0.1, 0.15) is 16.0 Å². The quantitative estimate of drug-likeness (QED) is 0.563. The SMILES string of the molecule is Cl.N=C(N)c1cc2c(C=Cc3cccnc3)cccc2s1. The third-order valence-corrected chi connectivity index (χ3v) is 4.13. The maximum Gasteiger partial charge on any atom is 0.133 e. The number of pyridine rings is 1. The molecule has 3 rings (SSSR count). The van der Waals surface area contributed by atoms with Gasteiger partial charge in [0.15, 0.2) is 0 Å². The number of rotatable bonds is 3. The second-order valence-corrected chi connectivity index (χ2v) is 5.49. The van der Waals surface area contributed by atoms with Gasteiger partial charge >= 0.3 is 0 Å². The molecular weight excluding hydrogens is 302 g/mol. The first-order valence-corrected chi connectivity index (χ1v) is 7.01. The summed E-state index contributed by atoms with van der Waals surface area (Å²) < 4.78 is 1.14. The van der Waals surface area contributed by atoms with Gasteiger partial charge in [0.1, 0.15) is 5.84 Å². The van der Waals surface area contributed by atoms with Gasteiger partial charge in [-0.2, -0.15) is 0 Å². The number of fused-ring (bicyclic) bond motifs is 1. The molecule has 0 saturated heterocycles. The first-order chi connectivity index (χ1) is 9.74. The monoisotopic (exact) mass is 315 g/mol. The van der Waals surface area contributed by atoms with Crippen molar-refractivity contribution in [3.8, 4) is 0 Å². The molecule has 2 heterocycles. The number of benzene rings is 1. The second-order valence-electron chi connectivity index (χ2n) is 4.40. The van der Waals surface area contributed by atoms with Gasteiger partial charge in [-0.1, -0.05) is 30.4 Å². The molecule has 0 radical (unpaired) electrons. The Morgan fingerprint density at radius 1 is 1.19 bits per heavy atom. The summed E-state index contributed by atoms with van der Waals surface area (Å²) in [5, 5.41) is 8.66. The Balaban J connectivity index is 0.00000161. The van der Waals surface area contributed by atoms with Gasteiger partial charge in [0.05, 0.1) is 4.88 Å². The van der Waals surface area contributed by atoms with E-state index in [1.54, 1.807) is 17.5 Å². The van der Waals surface area contributed by atoms with Crippen LogP contribution >= 0.6 is 23.7 Å². The number of amidine groups is 1. The molecule has 0 aliphatic rings. The highest BCUT2D eigenvalue weighted by Gasteiger charge is 2.06. The maximum absolute atomic E-state index is 7.54. The number of hydrogen-bond acceptors (Lipinski definition) is 3. The fourth-order valence-corrected chi connectivity index (χ4v) is 2.98. The number of nitrogen functional groups attached to an aromatic ring is 1. The van der Waals surface area contributed by atoms with E-state index < -0.39 is 0 Å². The van der Waals surface area contributed by atoms with E-state index >= 15 is 0 Å². The van der Waals surface area contributed by atoms with Crippen LogP contribution in [0.25, 0.3) is 22.2 Å². The van der Waals surface area contributed by atoms with Crippen LogP contribution in [0.2, 0.25) is 0 Å². The second kappa shape index (κ2) is 6.52. The molecule has 0 aliphatic carbocycles. The number of thiophene rings is 1. The van der Waals surface area contributed by atoms with E-state index in [1.807, 2.05) is 42.6 Å². The van der Waals surface area contributed by atoms with Crippen LogP contribution in [-0.2, 0) is 0 Å². The Morgan fingerprint density at radius 3 is 2.76 bits per heavy atom. The first kappa shape index (κ1) is 15.2. The summed E-state index contributed by atoms with van der Waals surface area (Å²) in [6, 6.07) is 12.0. The zero-order chi connectivity index (χ0) is 13.9. The number of nitrogens with two attached hydrogens (primary N) is 1. The van der Waals surface area contributed by atoms with Gasteiger partial charge in [-0.3, -0.25) is 10.4 Å². The lowest BCUT2D eigenvalue weighted by Crippen LogP contribution is -2.08. The van der Waals surface area contributed by atoms with Gasteiger partial charge in [0.25, 0.3) is 0 Å². The van der Waals surface area contributed by atoms with Gasteiger partial charge in [0.2, 0.25) is 0 Å². The topological polar surface area (TPSA) is 62.8 Å². The predicted octanol–water partition coefficient (Wildman–Crippen LogP) is 4.17. The number of nitrogens with one attached hydrogen (secondary N) is 1. The van der Waals surface area contributed by atoms with E-state index in [2.05, 4.69) is 17.1 Å². The predicted molar refractivity (Wildman–Crippen MR) is 93.3 cm³/mol. The van der Waals surface area contributed by atoms with Crippen LogP contribution in [0, 0.1) is 5.41 Å². The molecule has 5 heteroatoms. The fourth-order valence-electron chi connectivity index (χ4n) is 2.02. The number of hydrogen-bond donors (Lipinski definition) is 2. The molecule has 0 spiro atoms. The normalized spacial score (nSPS) is 10.7. The van der Waals surface area contributed by atoms with Gasteiger partial charge in [-0.25, -0.2) is 0 Å². The molecule has 1 aromatic carbocycles. The number of nitrogens with zero attached hydrogens (tertiary/aromatic N) is 1. The van der Waals surface area contributed by atoms with E-state index in [9.17, 15) is 0 Å². The minimum atomic E-state index is 0. The zero-order valence-electron chi connectivity index (χ0n) is 11.1. The lowest BCUT2D eigenvalue weighted by Gasteiger charge is -1.96. The molecule has 3 nitrogen and oxygen atoms in total. The summed E-state index contributed by atoms with van der Waals surface area (Å²) in [7, 11) is 0. The van der Waals surface area contributed by atoms with E-state index in [-0.39, 0.29) is 18.2 Å². The molecule has 106 valence electrons. The maximum atomic E-state index is 7.54. The summed E-state index contributed by atoms with van der Waals surface area (Å²) in [5.41, 5.74) is 7.74. The Kier molecular flexibility index (Phi) is 4.73. The molecule has 0 fully saturated rings. The van der Waals surface area contributed by atoms with E-state index in [1.165, 1.54) is 0 Å². The van der Waals surface area contributed by atoms with Crippen molar-refractivity contribution in [3.63, 3.8) is 0 Å². The summed E-state index contributed by atoms with van der Waals surface area (Å²) in [6.07, 6.45) is 7.68. The highest BCUT2D eigenvalue weighted by Crippen LogP contribution is 2.29. The number of aromatic nitrogens is 1. The molecular formula is C16H14ClN3S. The van der Waals surface area contributed by atoms with E-state index in [0.29, 0.717) is 0 Å². The molecule has 0 amide bonds. The average Bonchev–Trinajstić information content (AvgIpc) is 2.91. The highest BCUT2D eigenvalue weighted by molar-refractivity contribution is 7.20. The van der Waals surface area contributed by atoms with Crippen molar-refractivity contribution >= 4 is 51.8 Å². The van der Waals surface area contributed by atoms with E-state index in [0.717, 1.165) is 26.1 Å². The van der Waals surface area contributed by atoms with Gasteiger partial charge in [-0.15, -0.1) is 23.7 Å². The van der Waals surface area contributed by atoms with Crippen molar-refractivity contribution in [2.24, 2.45) is 5.73 Å². The minimum Gasteiger partial charge on any atom is -0.383 e. The fraction of sp³-hybridized carbons (Fsp3) is 0. The zero-order valence-corrected chi connectivity index (χ0v) is 12.7. The van der Waals surface area contributed by atoms with Gasteiger partial charge < -0.3 is 5.73 Å². The minimum absolute atomic E-state index is 0. The largest absolute Gasteiger partial charge is 0.383 e. The smallest absolute Gasteiger partial charge is 0.133 e. The molecule has 21 heavy (non-hydrogen) atoms. The van der Waals surface area contributed by atoms with Crippen LogP contribution in [0.5, 0.6) is 0 Å². The first-order valence-electron chi connectivity index (χ1n) is 6.19.